The van der Waals surface area contributed by atoms with Crippen molar-refractivity contribution in [1.29, 1.82) is 0 Å². The highest BCUT2D eigenvalue weighted by Gasteiger charge is 2.05. The molecule has 1 rings (SSSR count). The summed E-state index contributed by atoms with van der Waals surface area (Å²) >= 11 is 0. The molecule has 0 aromatic heterocycles. The second-order valence-corrected chi connectivity index (χ2v) is 3.17. The Labute approximate surface area is 84.5 Å². The van der Waals surface area contributed by atoms with E-state index in [9.17, 15) is 0 Å². The summed E-state index contributed by atoms with van der Waals surface area (Å²) in [7, 11) is 0. The van der Waals surface area contributed by atoms with Gasteiger partial charge in [0.15, 0.2) is 0 Å². The molecular weight excluding hydrogens is 178 g/mol. The Kier molecular flexibility index (Phi) is 5.22. The lowest BCUT2D eigenvalue weighted by Crippen LogP contribution is -2.24. The molecule has 0 bridgehead atoms. The van der Waals surface area contributed by atoms with Gasteiger partial charge in [-0.15, -0.1) is 0 Å². The van der Waals surface area contributed by atoms with E-state index in [1.807, 2.05) is 30.3 Å². The highest BCUT2D eigenvalue weighted by Crippen LogP contribution is 2.04. The molecule has 0 aliphatic heterocycles. The summed E-state index contributed by atoms with van der Waals surface area (Å²) in [5.74, 6) is 0. The van der Waals surface area contributed by atoms with Crippen LogP contribution in [0.1, 0.15) is 12.0 Å². The van der Waals surface area contributed by atoms with Crippen molar-refractivity contribution in [3.05, 3.63) is 35.9 Å². The molecule has 14 heavy (non-hydrogen) atoms. The number of rotatable bonds is 6. The van der Waals surface area contributed by atoms with Crippen molar-refractivity contribution in [3.8, 4) is 0 Å². The third-order valence-electron chi connectivity index (χ3n) is 2.04. The summed E-state index contributed by atoms with van der Waals surface area (Å²) in [6.07, 6.45) is 0.559. The van der Waals surface area contributed by atoms with E-state index >= 15 is 0 Å². The van der Waals surface area contributed by atoms with Crippen LogP contribution in [0, 0.1) is 0 Å². The molecule has 0 radical (unpaired) electrons. The van der Waals surface area contributed by atoms with E-state index in [-0.39, 0.29) is 12.7 Å². The molecule has 3 nitrogen and oxygen atoms in total. The Balaban J connectivity index is 2.32. The van der Waals surface area contributed by atoms with Gasteiger partial charge >= 0.3 is 0 Å². The second kappa shape index (κ2) is 6.54. The van der Waals surface area contributed by atoms with Crippen molar-refractivity contribution in [2.45, 2.75) is 19.1 Å². The van der Waals surface area contributed by atoms with Crippen LogP contribution in [0.25, 0.3) is 0 Å². The first-order chi connectivity index (χ1) is 6.86. The fraction of sp³-hybridized carbons (Fsp3) is 0.455. The van der Waals surface area contributed by atoms with Gasteiger partial charge < -0.3 is 15.6 Å². The fourth-order valence-electron chi connectivity index (χ4n) is 1.20. The lowest BCUT2D eigenvalue weighted by molar-refractivity contribution is 0.0299. The van der Waals surface area contributed by atoms with Crippen molar-refractivity contribution in [3.63, 3.8) is 0 Å². The molecule has 0 heterocycles. The average molecular weight is 195 g/mol. The second-order valence-electron chi connectivity index (χ2n) is 3.17. The zero-order chi connectivity index (χ0) is 10.2. The molecule has 0 aliphatic rings. The number of aliphatic hydroxyl groups is 1. The maximum Gasteiger partial charge on any atom is 0.0723 e. The molecule has 1 atom stereocenters. The van der Waals surface area contributed by atoms with Crippen LogP contribution in [0.4, 0.5) is 0 Å². The van der Waals surface area contributed by atoms with Gasteiger partial charge in [0.05, 0.1) is 12.7 Å². The highest BCUT2D eigenvalue weighted by molar-refractivity contribution is 5.13. The van der Waals surface area contributed by atoms with Crippen molar-refractivity contribution >= 4 is 0 Å². The van der Waals surface area contributed by atoms with Crippen molar-refractivity contribution in [2.75, 3.05) is 13.2 Å². The zero-order valence-electron chi connectivity index (χ0n) is 8.23. The predicted molar refractivity (Wildman–Crippen MR) is 55.8 cm³/mol. The molecular formula is C11H17NO2. The maximum absolute atomic E-state index is 8.73. The van der Waals surface area contributed by atoms with Crippen LogP contribution in [0.15, 0.2) is 30.3 Å². The van der Waals surface area contributed by atoms with Gasteiger partial charge in [-0.3, -0.25) is 0 Å². The van der Waals surface area contributed by atoms with Crippen LogP contribution in [0.5, 0.6) is 0 Å². The molecule has 3 N–H and O–H groups in total. The van der Waals surface area contributed by atoms with Crippen molar-refractivity contribution in [1.82, 2.24) is 0 Å². The number of aliphatic hydroxyl groups excluding tert-OH is 1. The molecule has 78 valence electrons. The summed E-state index contributed by atoms with van der Waals surface area (Å²) < 4.78 is 5.53. The first-order valence-corrected chi connectivity index (χ1v) is 4.83. The largest absolute Gasteiger partial charge is 0.396 e. The van der Waals surface area contributed by atoms with Crippen LogP contribution in [0.3, 0.4) is 0 Å². The third-order valence-corrected chi connectivity index (χ3v) is 2.04. The molecule has 0 saturated carbocycles. The summed E-state index contributed by atoms with van der Waals surface area (Å²) in [5, 5.41) is 8.73. The maximum atomic E-state index is 8.73. The first-order valence-electron chi connectivity index (χ1n) is 4.83. The summed E-state index contributed by atoms with van der Waals surface area (Å²) in [6.45, 7) is 1.13. The number of hydrogen-bond acceptors (Lipinski definition) is 3. The standard InChI is InChI=1S/C11H17NO2/c12-8-11(6-7-13)14-9-10-4-2-1-3-5-10/h1-5,11,13H,6-9,12H2/t11-/m1/s1. The minimum absolute atomic E-state index is 0.0415. The molecule has 0 fully saturated rings. The molecule has 0 amide bonds. The van der Waals surface area contributed by atoms with E-state index < -0.39 is 0 Å². The van der Waals surface area contributed by atoms with Gasteiger partial charge in [0, 0.05) is 13.2 Å². The molecule has 0 saturated heterocycles. The molecule has 1 aromatic carbocycles. The quantitative estimate of drug-likeness (QED) is 0.709. The van der Waals surface area contributed by atoms with E-state index in [4.69, 9.17) is 15.6 Å². The SMILES string of the molecule is NC[C@@H](CCO)OCc1ccccc1. The zero-order valence-corrected chi connectivity index (χ0v) is 8.23. The summed E-state index contributed by atoms with van der Waals surface area (Å²) in [4.78, 5) is 0. The van der Waals surface area contributed by atoms with E-state index in [1.165, 1.54) is 0 Å². The molecule has 0 spiro atoms. The minimum atomic E-state index is -0.0415. The molecule has 3 heteroatoms. The van der Waals surface area contributed by atoms with Crippen molar-refractivity contribution in [2.24, 2.45) is 5.73 Å². The predicted octanol–water partition coefficient (Wildman–Crippen LogP) is 0.913. The van der Waals surface area contributed by atoms with E-state index in [1.54, 1.807) is 0 Å². The monoisotopic (exact) mass is 195 g/mol. The molecule has 1 aromatic rings. The normalized spacial score (nSPS) is 12.7. The Hall–Kier alpha value is -0.900. The number of nitrogens with two attached hydrogens (primary N) is 1. The lowest BCUT2D eigenvalue weighted by atomic mass is 10.2. The Bertz CT molecular complexity index is 238. The average Bonchev–Trinajstić information content (AvgIpc) is 2.25. The van der Waals surface area contributed by atoms with Crippen LogP contribution >= 0.6 is 0 Å². The first kappa shape index (κ1) is 11.2. The smallest absolute Gasteiger partial charge is 0.0723 e. The topological polar surface area (TPSA) is 55.5 Å². The van der Waals surface area contributed by atoms with E-state index in [0.717, 1.165) is 5.56 Å². The van der Waals surface area contributed by atoms with Crippen molar-refractivity contribution < 1.29 is 9.84 Å². The van der Waals surface area contributed by atoms with Crippen LogP contribution in [-0.2, 0) is 11.3 Å². The molecule has 0 aliphatic carbocycles. The Morgan fingerprint density at radius 1 is 1.29 bits per heavy atom. The van der Waals surface area contributed by atoms with Gasteiger partial charge in [0.2, 0.25) is 0 Å². The van der Waals surface area contributed by atoms with E-state index in [2.05, 4.69) is 0 Å². The van der Waals surface area contributed by atoms with Gasteiger partial charge in [0.25, 0.3) is 0 Å². The Morgan fingerprint density at radius 2 is 2.00 bits per heavy atom. The number of ether oxygens (including phenoxy) is 1. The van der Waals surface area contributed by atoms with Gasteiger partial charge in [0.1, 0.15) is 0 Å². The Morgan fingerprint density at radius 3 is 2.57 bits per heavy atom. The fourth-order valence-corrected chi connectivity index (χ4v) is 1.20. The van der Waals surface area contributed by atoms with E-state index in [0.29, 0.717) is 19.6 Å². The van der Waals surface area contributed by atoms with Gasteiger partial charge in [-0.25, -0.2) is 0 Å². The van der Waals surface area contributed by atoms with Gasteiger partial charge in [-0.05, 0) is 12.0 Å². The number of hydrogen-bond donors (Lipinski definition) is 2. The minimum Gasteiger partial charge on any atom is -0.396 e. The summed E-state index contributed by atoms with van der Waals surface area (Å²) in [5.41, 5.74) is 6.62. The lowest BCUT2D eigenvalue weighted by Gasteiger charge is -2.14. The summed E-state index contributed by atoms with van der Waals surface area (Å²) in [6, 6.07) is 9.93. The van der Waals surface area contributed by atoms with Gasteiger partial charge in [-0.1, -0.05) is 30.3 Å². The highest BCUT2D eigenvalue weighted by atomic mass is 16.5. The van der Waals surface area contributed by atoms with Crippen LogP contribution in [-0.4, -0.2) is 24.4 Å². The van der Waals surface area contributed by atoms with Gasteiger partial charge in [-0.2, -0.15) is 0 Å². The van der Waals surface area contributed by atoms with Crippen LogP contribution in [0.2, 0.25) is 0 Å². The third kappa shape index (κ3) is 3.87. The van der Waals surface area contributed by atoms with Crippen LogP contribution < -0.4 is 5.73 Å². The molecule has 0 unspecified atom stereocenters. The number of benzene rings is 1.